The summed E-state index contributed by atoms with van der Waals surface area (Å²) in [6.07, 6.45) is 4.21. The second-order valence-corrected chi connectivity index (χ2v) is 6.16. The lowest BCUT2D eigenvalue weighted by Crippen LogP contribution is -2.60. The van der Waals surface area contributed by atoms with Crippen LogP contribution in [0.3, 0.4) is 0 Å². The normalized spacial score (nSPS) is 31.0. The molecular formula is C15H32N2O. The average molecular weight is 256 g/mol. The molecule has 4 unspecified atom stereocenters. The molecule has 0 radical (unpaired) electrons. The summed E-state index contributed by atoms with van der Waals surface area (Å²) < 4.78 is 5.85. The van der Waals surface area contributed by atoms with Gasteiger partial charge in [0, 0.05) is 25.2 Å². The molecule has 1 aliphatic heterocycles. The molecule has 1 heterocycles. The van der Waals surface area contributed by atoms with Gasteiger partial charge in [-0.2, -0.15) is 0 Å². The van der Waals surface area contributed by atoms with Crippen LogP contribution in [0.2, 0.25) is 0 Å². The Kier molecular flexibility index (Phi) is 6.09. The van der Waals surface area contributed by atoms with Gasteiger partial charge in [0.05, 0.1) is 12.2 Å². The molecule has 3 heteroatoms. The highest BCUT2D eigenvalue weighted by Gasteiger charge is 2.38. The third-order valence-corrected chi connectivity index (χ3v) is 4.55. The largest absolute Gasteiger partial charge is 0.373 e. The highest BCUT2D eigenvalue weighted by molar-refractivity contribution is 4.94. The number of nitrogens with zero attached hydrogens (tertiary/aromatic N) is 1. The van der Waals surface area contributed by atoms with E-state index in [4.69, 9.17) is 10.5 Å². The molecule has 0 bridgehead atoms. The summed E-state index contributed by atoms with van der Waals surface area (Å²) in [4.78, 5) is 2.60. The Hall–Kier alpha value is -0.120. The van der Waals surface area contributed by atoms with Gasteiger partial charge in [0.15, 0.2) is 0 Å². The van der Waals surface area contributed by atoms with Gasteiger partial charge in [0.2, 0.25) is 0 Å². The van der Waals surface area contributed by atoms with E-state index in [0.29, 0.717) is 12.2 Å². The molecule has 0 aromatic heterocycles. The summed E-state index contributed by atoms with van der Waals surface area (Å²) in [5, 5.41) is 0. The number of hydrogen-bond acceptors (Lipinski definition) is 3. The van der Waals surface area contributed by atoms with E-state index < -0.39 is 0 Å². The number of nitrogens with two attached hydrogens (primary N) is 1. The molecule has 2 N–H and O–H groups in total. The molecule has 108 valence electrons. The minimum Gasteiger partial charge on any atom is -0.373 e. The highest BCUT2D eigenvalue weighted by Crippen LogP contribution is 2.31. The van der Waals surface area contributed by atoms with Crippen LogP contribution >= 0.6 is 0 Å². The first-order valence-electron chi connectivity index (χ1n) is 7.58. The van der Waals surface area contributed by atoms with Crippen molar-refractivity contribution >= 4 is 0 Å². The number of morpholine rings is 1. The SMILES string of the molecule is CCC(C)CC(CC)(CN)N1CC(C)OC(C)C1. The zero-order chi connectivity index (χ0) is 13.8. The maximum absolute atomic E-state index is 6.16. The molecule has 0 saturated carbocycles. The maximum Gasteiger partial charge on any atom is 0.0678 e. The van der Waals surface area contributed by atoms with Crippen LogP contribution in [0.1, 0.15) is 53.9 Å². The Morgan fingerprint density at radius 3 is 2.22 bits per heavy atom. The Morgan fingerprint density at radius 2 is 1.83 bits per heavy atom. The van der Waals surface area contributed by atoms with Crippen molar-refractivity contribution in [2.75, 3.05) is 19.6 Å². The molecule has 3 nitrogen and oxygen atoms in total. The number of rotatable bonds is 6. The van der Waals surface area contributed by atoms with E-state index in [1.54, 1.807) is 0 Å². The fourth-order valence-electron chi connectivity index (χ4n) is 3.21. The maximum atomic E-state index is 6.16. The lowest BCUT2D eigenvalue weighted by atomic mass is 9.82. The van der Waals surface area contributed by atoms with Gasteiger partial charge in [0.1, 0.15) is 0 Å². The van der Waals surface area contributed by atoms with Crippen LogP contribution in [0.25, 0.3) is 0 Å². The summed E-state index contributed by atoms with van der Waals surface area (Å²) in [6, 6.07) is 0. The Morgan fingerprint density at radius 1 is 1.28 bits per heavy atom. The van der Waals surface area contributed by atoms with Crippen molar-refractivity contribution in [3.8, 4) is 0 Å². The van der Waals surface area contributed by atoms with E-state index in [1.807, 2.05) is 0 Å². The van der Waals surface area contributed by atoms with E-state index in [0.717, 1.165) is 32.0 Å². The minimum atomic E-state index is 0.168. The Labute approximate surface area is 113 Å². The standard InChI is InChI=1S/C15H32N2O/c1-6-12(3)8-15(7-2,11-16)17-9-13(4)18-14(5)10-17/h12-14H,6-11,16H2,1-5H3. The molecule has 18 heavy (non-hydrogen) atoms. The zero-order valence-corrected chi connectivity index (χ0v) is 12.9. The van der Waals surface area contributed by atoms with Crippen LogP contribution in [0, 0.1) is 5.92 Å². The summed E-state index contributed by atoms with van der Waals surface area (Å²) in [6.45, 7) is 14.0. The monoisotopic (exact) mass is 256 g/mol. The van der Waals surface area contributed by atoms with Crippen molar-refractivity contribution in [3.63, 3.8) is 0 Å². The van der Waals surface area contributed by atoms with Crippen LogP contribution < -0.4 is 5.73 Å². The Balaban J connectivity index is 2.81. The van der Waals surface area contributed by atoms with Crippen LogP contribution in [-0.2, 0) is 4.74 Å². The third-order valence-electron chi connectivity index (χ3n) is 4.55. The van der Waals surface area contributed by atoms with Gasteiger partial charge in [0.25, 0.3) is 0 Å². The molecule has 1 saturated heterocycles. The quantitative estimate of drug-likeness (QED) is 0.794. The average Bonchev–Trinajstić information content (AvgIpc) is 2.34. The second-order valence-electron chi connectivity index (χ2n) is 6.16. The van der Waals surface area contributed by atoms with Crippen molar-refractivity contribution in [1.82, 2.24) is 4.90 Å². The van der Waals surface area contributed by atoms with Crippen molar-refractivity contribution in [2.45, 2.75) is 71.6 Å². The first-order valence-corrected chi connectivity index (χ1v) is 7.58. The van der Waals surface area contributed by atoms with Crippen LogP contribution in [0.15, 0.2) is 0 Å². The van der Waals surface area contributed by atoms with Gasteiger partial charge in [-0.1, -0.05) is 27.2 Å². The molecule has 1 rings (SSSR count). The topological polar surface area (TPSA) is 38.5 Å². The molecule has 0 aliphatic carbocycles. The molecular weight excluding hydrogens is 224 g/mol. The second kappa shape index (κ2) is 6.88. The first-order chi connectivity index (χ1) is 8.47. The number of ether oxygens (including phenoxy) is 1. The molecule has 0 aromatic carbocycles. The number of hydrogen-bond donors (Lipinski definition) is 1. The highest BCUT2D eigenvalue weighted by atomic mass is 16.5. The van der Waals surface area contributed by atoms with E-state index in [1.165, 1.54) is 12.8 Å². The fourth-order valence-corrected chi connectivity index (χ4v) is 3.21. The van der Waals surface area contributed by atoms with Crippen molar-refractivity contribution in [3.05, 3.63) is 0 Å². The minimum absolute atomic E-state index is 0.168. The van der Waals surface area contributed by atoms with Gasteiger partial charge >= 0.3 is 0 Å². The van der Waals surface area contributed by atoms with Crippen LogP contribution in [0.5, 0.6) is 0 Å². The molecule has 0 amide bonds. The third kappa shape index (κ3) is 3.69. The fraction of sp³-hybridized carbons (Fsp3) is 1.00. The van der Waals surface area contributed by atoms with E-state index >= 15 is 0 Å². The lowest BCUT2D eigenvalue weighted by Gasteiger charge is -2.49. The van der Waals surface area contributed by atoms with Gasteiger partial charge in [-0.05, 0) is 32.6 Å². The summed E-state index contributed by atoms with van der Waals surface area (Å²) in [5.74, 6) is 0.738. The summed E-state index contributed by atoms with van der Waals surface area (Å²) >= 11 is 0. The summed E-state index contributed by atoms with van der Waals surface area (Å²) in [5.41, 5.74) is 6.33. The molecule has 1 aliphatic rings. The molecule has 1 fully saturated rings. The molecule has 0 spiro atoms. The molecule has 0 aromatic rings. The van der Waals surface area contributed by atoms with Crippen molar-refractivity contribution in [1.29, 1.82) is 0 Å². The van der Waals surface area contributed by atoms with Crippen LogP contribution in [0.4, 0.5) is 0 Å². The molecule has 4 atom stereocenters. The van der Waals surface area contributed by atoms with Gasteiger partial charge in [-0.3, -0.25) is 4.90 Å². The van der Waals surface area contributed by atoms with Gasteiger partial charge in [-0.15, -0.1) is 0 Å². The zero-order valence-electron chi connectivity index (χ0n) is 12.9. The predicted molar refractivity (Wildman–Crippen MR) is 77.7 cm³/mol. The summed E-state index contributed by atoms with van der Waals surface area (Å²) in [7, 11) is 0. The Bertz CT molecular complexity index is 231. The van der Waals surface area contributed by atoms with E-state index in [9.17, 15) is 0 Å². The van der Waals surface area contributed by atoms with Gasteiger partial charge in [-0.25, -0.2) is 0 Å². The van der Waals surface area contributed by atoms with Crippen molar-refractivity contribution in [2.24, 2.45) is 11.7 Å². The predicted octanol–water partition coefficient (Wildman–Crippen LogP) is 2.64. The van der Waals surface area contributed by atoms with Crippen molar-refractivity contribution < 1.29 is 4.74 Å². The smallest absolute Gasteiger partial charge is 0.0678 e. The van der Waals surface area contributed by atoms with Gasteiger partial charge < -0.3 is 10.5 Å². The van der Waals surface area contributed by atoms with E-state index in [2.05, 4.69) is 39.5 Å². The van der Waals surface area contributed by atoms with Crippen LogP contribution in [-0.4, -0.2) is 42.3 Å². The first kappa shape index (κ1) is 15.9. The lowest BCUT2D eigenvalue weighted by molar-refractivity contribution is -0.106. The van der Waals surface area contributed by atoms with E-state index in [-0.39, 0.29) is 5.54 Å².